The summed E-state index contributed by atoms with van der Waals surface area (Å²) in [6.45, 7) is 12.8. The highest BCUT2D eigenvalue weighted by molar-refractivity contribution is 5.89. The number of hydrogen-bond acceptors (Lipinski definition) is 2. The van der Waals surface area contributed by atoms with Crippen molar-refractivity contribution in [2.75, 3.05) is 22.9 Å². The van der Waals surface area contributed by atoms with E-state index in [0.717, 1.165) is 25.9 Å². The Morgan fingerprint density at radius 2 is 1.53 bits per heavy atom. The van der Waals surface area contributed by atoms with E-state index in [9.17, 15) is 0 Å². The van der Waals surface area contributed by atoms with E-state index in [4.69, 9.17) is 0 Å². The zero-order valence-electron chi connectivity index (χ0n) is 27.7. The van der Waals surface area contributed by atoms with Crippen LogP contribution in [0.3, 0.4) is 0 Å². The minimum atomic E-state index is -0.0742. The van der Waals surface area contributed by atoms with Gasteiger partial charge >= 0.3 is 0 Å². The first-order valence-corrected chi connectivity index (χ1v) is 16.6. The van der Waals surface area contributed by atoms with Crippen molar-refractivity contribution in [1.29, 1.82) is 0 Å². The van der Waals surface area contributed by atoms with Crippen molar-refractivity contribution >= 4 is 22.6 Å². The maximum Gasteiger partial charge on any atom is 0.0465 e. The van der Waals surface area contributed by atoms with Crippen LogP contribution in [0.2, 0.25) is 0 Å². The average Bonchev–Trinajstić information content (AvgIpc) is 3.22. The monoisotopic (exact) mass is 592 g/mol. The summed E-state index contributed by atoms with van der Waals surface area (Å²) in [5, 5.41) is 0. The van der Waals surface area contributed by atoms with Gasteiger partial charge in [0.25, 0.3) is 0 Å². The Morgan fingerprint density at radius 3 is 2.27 bits per heavy atom. The third kappa shape index (κ3) is 6.91. The Kier molecular flexibility index (Phi) is 10.6. The van der Waals surface area contributed by atoms with Crippen molar-refractivity contribution in [3.63, 3.8) is 0 Å². The maximum absolute atomic E-state index is 2.54. The largest absolute Gasteiger partial charge is 0.367 e. The maximum atomic E-state index is 2.54. The summed E-state index contributed by atoms with van der Waals surface area (Å²) in [5.41, 5.74) is 10.5. The Labute approximate surface area is 271 Å². The van der Waals surface area contributed by atoms with E-state index in [-0.39, 0.29) is 5.41 Å². The number of rotatable bonds is 9. The fourth-order valence-corrected chi connectivity index (χ4v) is 6.90. The fourth-order valence-electron chi connectivity index (χ4n) is 6.90. The first kappa shape index (κ1) is 31.9. The van der Waals surface area contributed by atoms with Crippen molar-refractivity contribution < 1.29 is 0 Å². The minimum Gasteiger partial charge on any atom is -0.367 e. The quantitative estimate of drug-likeness (QED) is 0.228. The summed E-state index contributed by atoms with van der Waals surface area (Å²) >= 11 is 0. The molecule has 2 nitrogen and oxygen atoms in total. The van der Waals surface area contributed by atoms with Crippen molar-refractivity contribution in [2.24, 2.45) is 5.92 Å². The summed E-state index contributed by atoms with van der Waals surface area (Å²) in [6.07, 6.45) is 26.5. The van der Waals surface area contributed by atoms with Gasteiger partial charge in [0.2, 0.25) is 0 Å². The summed E-state index contributed by atoms with van der Waals surface area (Å²) in [5.74, 6) is 0.434. The van der Waals surface area contributed by atoms with Crippen LogP contribution in [0.1, 0.15) is 58.6 Å². The molecule has 3 aromatic carbocycles. The second-order valence-corrected chi connectivity index (χ2v) is 12.0. The van der Waals surface area contributed by atoms with Gasteiger partial charge in [0.1, 0.15) is 0 Å². The van der Waals surface area contributed by atoms with Crippen molar-refractivity contribution in [3.8, 4) is 0 Å². The lowest BCUT2D eigenvalue weighted by atomic mass is 9.73. The van der Waals surface area contributed by atoms with Gasteiger partial charge < -0.3 is 9.80 Å². The van der Waals surface area contributed by atoms with Gasteiger partial charge in [0.05, 0.1) is 0 Å². The summed E-state index contributed by atoms with van der Waals surface area (Å²) < 4.78 is 0. The lowest BCUT2D eigenvalue weighted by Gasteiger charge is -2.36. The SMILES string of the molecule is C/C=C\C=C/CN(CC1CC=CC2=C1C(C)(C)c1cc(N(C3=CC=CCC=C3)c3ccccc3)ccc12)c1ccccc1.CC. The van der Waals surface area contributed by atoms with Gasteiger partial charge in [0.15, 0.2) is 0 Å². The van der Waals surface area contributed by atoms with E-state index in [1.807, 2.05) is 13.8 Å². The number of nitrogens with zero attached hydrogens (tertiary/aromatic N) is 2. The van der Waals surface area contributed by atoms with E-state index < -0.39 is 0 Å². The summed E-state index contributed by atoms with van der Waals surface area (Å²) in [7, 11) is 0. The van der Waals surface area contributed by atoms with E-state index in [1.54, 1.807) is 5.57 Å². The first-order valence-electron chi connectivity index (χ1n) is 16.6. The van der Waals surface area contributed by atoms with Gasteiger partial charge in [-0.3, -0.25) is 0 Å². The molecule has 0 amide bonds. The van der Waals surface area contributed by atoms with Gasteiger partial charge in [-0.25, -0.2) is 0 Å². The predicted molar refractivity (Wildman–Crippen MR) is 197 cm³/mol. The molecular weight excluding hydrogens is 544 g/mol. The topological polar surface area (TPSA) is 6.48 Å². The Hall–Kier alpha value is -4.56. The molecule has 3 aliphatic carbocycles. The number of para-hydroxylation sites is 2. The zero-order chi connectivity index (χ0) is 31.6. The molecule has 0 saturated heterocycles. The van der Waals surface area contributed by atoms with Crippen LogP contribution >= 0.6 is 0 Å². The second kappa shape index (κ2) is 14.9. The number of hydrogen-bond donors (Lipinski definition) is 0. The van der Waals surface area contributed by atoms with Crippen LogP contribution in [0.25, 0.3) is 5.57 Å². The molecule has 2 heteroatoms. The van der Waals surface area contributed by atoms with Crippen molar-refractivity contribution in [2.45, 2.75) is 52.9 Å². The average molecular weight is 593 g/mol. The molecule has 0 bridgehead atoms. The molecule has 0 aromatic heterocycles. The van der Waals surface area contributed by atoms with Gasteiger partial charge in [-0.15, -0.1) is 0 Å². The second-order valence-electron chi connectivity index (χ2n) is 12.0. The molecule has 6 rings (SSSR count). The summed E-state index contributed by atoms with van der Waals surface area (Å²) in [6, 6.07) is 28.7. The molecule has 1 unspecified atom stereocenters. The van der Waals surface area contributed by atoms with Crippen LogP contribution in [-0.4, -0.2) is 13.1 Å². The van der Waals surface area contributed by atoms with Crippen LogP contribution in [0.15, 0.2) is 157 Å². The molecule has 3 aliphatic rings. The van der Waals surface area contributed by atoms with Crippen LogP contribution in [0.5, 0.6) is 0 Å². The van der Waals surface area contributed by atoms with E-state index in [0.29, 0.717) is 5.92 Å². The van der Waals surface area contributed by atoms with Gasteiger partial charge in [-0.2, -0.15) is 0 Å². The first-order chi connectivity index (χ1) is 22.1. The molecule has 45 heavy (non-hydrogen) atoms. The van der Waals surface area contributed by atoms with Crippen LogP contribution in [0.4, 0.5) is 17.1 Å². The molecule has 3 aromatic rings. The fraction of sp³-hybridized carbons (Fsp3) is 0.256. The lowest BCUT2D eigenvalue weighted by Crippen LogP contribution is -2.34. The number of fused-ring (bicyclic) bond motifs is 2. The van der Waals surface area contributed by atoms with Crippen molar-refractivity contribution in [1.82, 2.24) is 0 Å². The van der Waals surface area contributed by atoms with E-state index >= 15 is 0 Å². The molecule has 0 saturated carbocycles. The van der Waals surface area contributed by atoms with Crippen LogP contribution in [0, 0.1) is 5.92 Å². The zero-order valence-corrected chi connectivity index (χ0v) is 27.7. The number of allylic oxidation sites excluding steroid dienone is 11. The Balaban J connectivity index is 0.00000196. The molecule has 0 radical (unpaired) electrons. The van der Waals surface area contributed by atoms with Crippen molar-refractivity contribution in [3.05, 3.63) is 168 Å². The van der Waals surface area contributed by atoms with E-state index in [2.05, 4.69) is 176 Å². The van der Waals surface area contributed by atoms with Gasteiger partial charge in [-0.05, 0) is 90.6 Å². The lowest BCUT2D eigenvalue weighted by molar-refractivity contribution is 0.498. The van der Waals surface area contributed by atoms with Crippen LogP contribution < -0.4 is 9.80 Å². The molecule has 0 spiro atoms. The number of benzene rings is 3. The molecule has 1 atom stereocenters. The van der Waals surface area contributed by atoms with Crippen LogP contribution in [-0.2, 0) is 5.41 Å². The standard InChI is InChI=1S/C41H42N2.C2H6/c1-4-5-6-17-29-42(33-20-13-9-14-21-33)31-32-19-18-26-38-37-28-27-36(30-39(37)41(2,3)40(32)38)43(35-24-15-10-16-25-35)34-22-11-7-8-12-23-34;1-2/h4-7,9-18,20-28,30,32H,8,19,29,31H2,1-3H3;1-2H3/b5-4-,17-6-;. The molecular formula is C43H48N2. The highest BCUT2D eigenvalue weighted by atomic mass is 15.1. The smallest absolute Gasteiger partial charge is 0.0465 e. The molecule has 230 valence electrons. The minimum absolute atomic E-state index is 0.0742. The molecule has 0 fully saturated rings. The Bertz CT molecular complexity index is 1640. The summed E-state index contributed by atoms with van der Waals surface area (Å²) in [4.78, 5) is 4.93. The van der Waals surface area contributed by atoms with Gasteiger partial charge in [0, 0.05) is 47.2 Å². The molecule has 0 N–H and O–H groups in total. The molecule has 0 heterocycles. The molecule has 0 aliphatic heterocycles. The third-order valence-electron chi connectivity index (χ3n) is 8.87. The number of anilines is 3. The predicted octanol–water partition coefficient (Wildman–Crippen LogP) is 11.5. The van der Waals surface area contributed by atoms with E-state index in [1.165, 1.54) is 39.5 Å². The Morgan fingerprint density at radius 1 is 0.800 bits per heavy atom. The highest BCUT2D eigenvalue weighted by Crippen LogP contribution is 2.53. The van der Waals surface area contributed by atoms with Gasteiger partial charge in [-0.1, -0.05) is 125 Å². The third-order valence-corrected chi connectivity index (χ3v) is 8.87. The highest BCUT2D eigenvalue weighted by Gasteiger charge is 2.42. The normalized spacial score (nSPS) is 17.9.